The number of hydrogen-bond acceptors (Lipinski definition) is 6. The largest absolute Gasteiger partial charge is 0.507 e. The van der Waals surface area contributed by atoms with Crippen LogP contribution in [0.25, 0.3) is 16.0 Å². The number of aromatic nitrogens is 1. The van der Waals surface area contributed by atoms with E-state index in [1.807, 2.05) is 68.4 Å². The quantitative estimate of drug-likeness (QED) is 0.183. The Morgan fingerprint density at radius 2 is 1.89 bits per heavy atom. The number of aliphatic hydroxyl groups is 1. The number of amides is 1. The Balaban J connectivity index is 1.75. The van der Waals surface area contributed by atoms with Gasteiger partial charge in [0, 0.05) is 10.0 Å². The van der Waals surface area contributed by atoms with E-state index in [1.54, 1.807) is 13.2 Å². The topological polar surface area (TPSA) is 79.7 Å². The molecule has 1 fully saturated rings. The first kappa shape index (κ1) is 23.3. The zero-order valence-corrected chi connectivity index (χ0v) is 21.6. The molecule has 0 radical (unpaired) electrons. The summed E-state index contributed by atoms with van der Waals surface area (Å²) in [5, 5.41) is 11.8. The van der Waals surface area contributed by atoms with Gasteiger partial charge in [-0.15, -0.1) is 0 Å². The van der Waals surface area contributed by atoms with E-state index in [4.69, 9.17) is 4.74 Å². The second-order valence-electron chi connectivity index (χ2n) is 8.37. The zero-order valence-electron chi connectivity index (χ0n) is 19.2. The highest BCUT2D eigenvalue weighted by Gasteiger charge is 2.48. The second kappa shape index (κ2) is 8.94. The number of methoxy groups -OCH3 is 1. The third kappa shape index (κ3) is 4.02. The van der Waals surface area contributed by atoms with Crippen LogP contribution in [-0.4, -0.2) is 28.9 Å². The van der Waals surface area contributed by atoms with E-state index >= 15 is 0 Å². The molecule has 1 amide bonds. The Morgan fingerprint density at radius 1 is 1.09 bits per heavy atom. The lowest BCUT2D eigenvalue weighted by atomic mass is 9.93. The molecule has 3 aromatic carbocycles. The van der Waals surface area contributed by atoms with Crippen LogP contribution in [-0.2, 0) is 9.59 Å². The number of thiazole rings is 1. The molecular formula is C27H21BrN2O4S. The number of Topliss-reactive ketones (excluding diaryl/α,β-unsaturated/α-hetero) is 1. The molecule has 176 valence electrons. The van der Waals surface area contributed by atoms with Gasteiger partial charge in [-0.05, 0) is 61.4 Å². The predicted octanol–water partition coefficient (Wildman–Crippen LogP) is 6.31. The number of ketones is 1. The Morgan fingerprint density at radius 3 is 2.63 bits per heavy atom. The summed E-state index contributed by atoms with van der Waals surface area (Å²) in [7, 11) is 1.59. The number of nitrogens with zero attached hydrogens (tertiary/aromatic N) is 2. The summed E-state index contributed by atoms with van der Waals surface area (Å²) in [5.41, 5.74) is 3.68. The van der Waals surface area contributed by atoms with Crippen LogP contribution in [0.15, 0.2) is 70.7 Å². The minimum Gasteiger partial charge on any atom is -0.507 e. The normalized spacial score (nSPS) is 17.4. The molecule has 0 aliphatic carbocycles. The van der Waals surface area contributed by atoms with Crippen molar-refractivity contribution < 1.29 is 19.4 Å². The van der Waals surface area contributed by atoms with E-state index in [2.05, 4.69) is 20.9 Å². The van der Waals surface area contributed by atoms with E-state index in [1.165, 1.54) is 16.2 Å². The lowest BCUT2D eigenvalue weighted by molar-refractivity contribution is -0.132. The van der Waals surface area contributed by atoms with Crippen molar-refractivity contribution in [1.82, 2.24) is 4.98 Å². The monoisotopic (exact) mass is 548 g/mol. The standard InChI is InChI=1S/C27H21BrN2O4S/c1-14-7-8-15(2)19(11-14)24(31)22-23(16-5-4-6-17(28)12-16)30(26(33)25(22)32)27-29-20-10-9-18(34-3)13-21(20)35-27/h4-13,23,31H,1-3H3. The van der Waals surface area contributed by atoms with Gasteiger partial charge in [0.1, 0.15) is 11.5 Å². The third-order valence-corrected chi connectivity index (χ3v) is 7.56. The van der Waals surface area contributed by atoms with Crippen LogP contribution in [0.2, 0.25) is 0 Å². The molecule has 1 N–H and O–H groups in total. The van der Waals surface area contributed by atoms with Crippen molar-refractivity contribution in [2.24, 2.45) is 0 Å². The van der Waals surface area contributed by atoms with E-state index in [-0.39, 0.29) is 11.3 Å². The summed E-state index contributed by atoms with van der Waals surface area (Å²) in [6, 6.07) is 17.6. The fourth-order valence-electron chi connectivity index (χ4n) is 4.28. The average Bonchev–Trinajstić information content (AvgIpc) is 3.37. The lowest BCUT2D eigenvalue weighted by Gasteiger charge is -2.23. The van der Waals surface area contributed by atoms with Gasteiger partial charge >= 0.3 is 5.91 Å². The molecule has 1 aromatic heterocycles. The summed E-state index contributed by atoms with van der Waals surface area (Å²) in [4.78, 5) is 32.9. The van der Waals surface area contributed by atoms with Gasteiger partial charge in [-0.1, -0.05) is 57.1 Å². The van der Waals surface area contributed by atoms with Crippen LogP contribution in [0.3, 0.4) is 0 Å². The Labute approximate surface area is 214 Å². The van der Waals surface area contributed by atoms with Crippen molar-refractivity contribution in [3.05, 3.63) is 93.0 Å². The van der Waals surface area contributed by atoms with Gasteiger partial charge < -0.3 is 9.84 Å². The number of anilines is 1. The molecule has 1 unspecified atom stereocenters. The molecule has 1 aliphatic rings. The average molecular weight is 549 g/mol. The molecule has 6 nitrogen and oxygen atoms in total. The van der Waals surface area contributed by atoms with E-state index < -0.39 is 17.7 Å². The molecule has 0 bridgehead atoms. The maximum atomic E-state index is 13.4. The van der Waals surface area contributed by atoms with Crippen LogP contribution >= 0.6 is 27.3 Å². The molecule has 5 rings (SSSR count). The smallest absolute Gasteiger partial charge is 0.301 e. The maximum absolute atomic E-state index is 13.4. The molecule has 0 saturated carbocycles. The molecule has 1 aliphatic heterocycles. The van der Waals surface area contributed by atoms with Gasteiger partial charge in [0.2, 0.25) is 0 Å². The third-order valence-electron chi connectivity index (χ3n) is 6.05. The van der Waals surface area contributed by atoms with Gasteiger partial charge in [-0.25, -0.2) is 4.98 Å². The number of hydrogen-bond donors (Lipinski definition) is 1. The van der Waals surface area contributed by atoms with Gasteiger partial charge in [0.05, 0.1) is 28.9 Å². The number of carbonyl (C=O) groups is 2. The number of halogens is 1. The number of ether oxygens (including phenoxy) is 1. The fourth-order valence-corrected chi connectivity index (χ4v) is 5.72. The summed E-state index contributed by atoms with van der Waals surface area (Å²) >= 11 is 4.78. The highest BCUT2D eigenvalue weighted by molar-refractivity contribution is 9.10. The summed E-state index contributed by atoms with van der Waals surface area (Å²) in [5.74, 6) is -0.994. The molecule has 2 heterocycles. The molecule has 1 saturated heterocycles. The Kier molecular flexibility index (Phi) is 5.94. The second-order valence-corrected chi connectivity index (χ2v) is 10.3. The lowest BCUT2D eigenvalue weighted by Crippen LogP contribution is -2.29. The number of aryl methyl sites for hydroxylation is 2. The minimum absolute atomic E-state index is 0.0404. The van der Waals surface area contributed by atoms with Crippen LogP contribution in [0.4, 0.5) is 5.13 Å². The predicted molar refractivity (Wildman–Crippen MR) is 141 cm³/mol. The summed E-state index contributed by atoms with van der Waals surface area (Å²) in [6.45, 7) is 3.77. The van der Waals surface area contributed by atoms with Gasteiger partial charge in [0.25, 0.3) is 5.78 Å². The van der Waals surface area contributed by atoms with Crippen molar-refractivity contribution in [2.75, 3.05) is 12.0 Å². The Hall–Kier alpha value is -3.49. The molecule has 0 spiro atoms. The number of carbonyl (C=O) groups excluding carboxylic acids is 2. The molecular weight excluding hydrogens is 528 g/mol. The van der Waals surface area contributed by atoms with Gasteiger partial charge in [-0.2, -0.15) is 0 Å². The molecule has 8 heteroatoms. The van der Waals surface area contributed by atoms with Crippen molar-refractivity contribution in [2.45, 2.75) is 19.9 Å². The van der Waals surface area contributed by atoms with E-state index in [0.29, 0.717) is 27.5 Å². The van der Waals surface area contributed by atoms with Crippen LogP contribution in [0, 0.1) is 13.8 Å². The van der Waals surface area contributed by atoms with Crippen LogP contribution in [0.5, 0.6) is 5.75 Å². The zero-order chi connectivity index (χ0) is 24.9. The van der Waals surface area contributed by atoms with Crippen LogP contribution in [0.1, 0.15) is 28.3 Å². The maximum Gasteiger partial charge on any atom is 0.301 e. The Bertz CT molecular complexity index is 1540. The van der Waals surface area contributed by atoms with Gasteiger partial charge in [-0.3, -0.25) is 14.5 Å². The highest BCUT2D eigenvalue weighted by atomic mass is 79.9. The highest BCUT2D eigenvalue weighted by Crippen LogP contribution is 2.45. The first-order chi connectivity index (χ1) is 16.8. The van der Waals surface area contributed by atoms with Crippen molar-refractivity contribution >= 4 is 60.1 Å². The van der Waals surface area contributed by atoms with E-state index in [9.17, 15) is 14.7 Å². The van der Waals surface area contributed by atoms with Crippen molar-refractivity contribution in [1.29, 1.82) is 0 Å². The first-order valence-corrected chi connectivity index (χ1v) is 12.5. The minimum atomic E-state index is -0.838. The van der Waals surface area contributed by atoms with Crippen molar-refractivity contribution in [3.8, 4) is 5.75 Å². The fraction of sp³-hybridized carbons (Fsp3) is 0.148. The molecule has 4 aromatic rings. The number of fused-ring (bicyclic) bond motifs is 1. The van der Waals surface area contributed by atoms with E-state index in [0.717, 1.165) is 20.3 Å². The molecule has 35 heavy (non-hydrogen) atoms. The number of rotatable bonds is 4. The summed E-state index contributed by atoms with van der Waals surface area (Å²) in [6.07, 6.45) is 0. The SMILES string of the molecule is COc1ccc2nc(N3C(=O)C(=O)C(=C(O)c4cc(C)ccc4C)C3c3cccc(Br)c3)sc2c1. The number of aliphatic hydroxyl groups excluding tert-OH is 1. The number of benzene rings is 3. The first-order valence-electron chi connectivity index (χ1n) is 10.9. The summed E-state index contributed by atoms with van der Waals surface area (Å²) < 4.78 is 6.93. The molecule has 1 atom stereocenters. The van der Waals surface area contributed by atoms with Crippen molar-refractivity contribution in [3.63, 3.8) is 0 Å². The van der Waals surface area contributed by atoms with Gasteiger partial charge in [0.15, 0.2) is 5.13 Å². The van der Waals surface area contributed by atoms with Crippen LogP contribution < -0.4 is 9.64 Å².